The summed E-state index contributed by atoms with van der Waals surface area (Å²) in [6.07, 6.45) is 0. The van der Waals surface area contributed by atoms with Crippen LogP contribution in [0.4, 0.5) is 11.4 Å². The van der Waals surface area contributed by atoms with E-state index >= 15 is 0 Å². The first-order valence-corrected chi connectivity index (χ1v) is 11.6. The predicted molar refractivity (Wildman–Crippen MR) is 129 cm³/mol. The topological polar surface area (TPSA) is 71.1 Å². The summed E-state index contributed by atoms with van der Waals surface area (Å²) in [6.45, 7) is 3.88. The molecule has 1 heterocycles. The number of hydrogen-bond acceptors (Lipinski definition) is 5. The van der Waals surface area contributed by atoms with Crippen molar-refractivity contribution in [3.05, 3.63) is 83.4 Å². The number of fused-ring (bicyclic) bond motifs is 1. The highest BCUT2D eigenvalue weighted by Gasteiger charge is 2.12. The van der Waals surface area contributed by atoms with Gasteiger partial charge in [-0.15, -0.1) is 11.3 Å². The lowest BCUT2D eigenvalue weighted by Crippen LogP contribution is -2.14. The van der Waals surface area contributed by atoms with E-state index in [0.29, 0.717) is 5.56 Å². The van der Waals surface area contributed by atoms with Gasteiger partial charge in [-0.2, -0.15) is 0 Å². The first kappa shape index (κ1) is 21.1. The van der Waals surface area contributed by atoms with E-state index in [1.807, 2.05) is 80.6 Å². The van der Waals surface area contributed by atoms with E-state index in [4.69, 9.17) is 0 Å². The normalized spacial score (nSPS) is 10.8. The summed E-state index contributed by atoms with van der Waals surface area (Å²) in [5.41, 5.74) is 5.01. The van der Waals surface area contributed by atoms with Crippen LogP contribution >= 0.6 is 23.1 Å². The molecular weight excluding hydrogens is 426 g/mol. The van der Waals surface area contributed by atoms with Crippen molar-refractivity contribution in [1.82, 2.24) is 4.98 Å². The molecule has 2 N–H and O–H groups in total. The number of benzene rings is 3. The Kier molecular flexibility index (Phi) is 6.34. The molecule has 0 unspecified atom stereocenters. The van der Waals surface area contributed by atoms with Crippen molar-refractivity contribution in [2.24, 2.45) is 0 Å². The minimum atomic E-state index is -0.135. The number of nitrogens with one attached hydrogen (secondary N) is 2. The van der Waals surface area contributed by atoms with Crippen molar-refractivity contribution in [3.8, 4) is 0 Å². The van der Waals surface area contributed by atoms with Gasteiger partial charge in [0.25, 0.3) is 5.91 Å². The number of aromatic nitrogens is 1. The Morgan fingerprint density at radius 3 is 2.45 bits per heavy atom. The van der Waals surface area contributed by atoms with Gasteiger partial charge in [-0.05, 0) is 55.3 Å². The van der Waals surface area contributed by atoms with Gasteiger partial charge < -0.3 is 10.6 Å². The smallest absolute Gasteiger partial charge is 0.255 e. The molecule has 0 fully saturated rings. The highest BCUT2D eigenvalue weighted by Crippen LogP contribution is 2.31. The van der Waals surface area contributed by atoms with Crippen LogP contribution in [-0.2, 0) is 4.79 Å². The van der Waals surface area contributed by atoms with Crippen LogP contribution < -0.4 is 10.6 Å². The van der Waals surface area contributed by atoms with Gasteiger partial charge in [0.15, 0.2) is 4.34 Å². The Morgan fingerprint density at radius 2 is 1.68 bits per heavy atom. The largest absolute Gasteiger partial charge is 0.325 e. The highest BCUT2D eigenvalue weighted by molar-refractivity contribution is 8.01. The number of hydrogen-bond donors (Lipinski definition) is 2. The minimum Gasteiger partial charge on any atom is -0.325 e. The molecule has 4 rings (SSSR count). The molecule has 0 aliphatic rings. The van der Waals surface area contributed by atoms with Gasteiger partial charge in [-0.3, -0.25) is 9.59 Å². The summed E-state index contributed by atoms with van der Waals surface area (Å²) in [5.74, 6) is 0.0829. The molecule has 2 amide bonds. The number of anilines is 2. The number of aryl methyl sites for hydroxylation is 2. The molecule has 0 aliphatic carbocycles. The van der Waals surface area contributed by atoms with E-state index in [-0.39, 0.29) is 17.6 Å². The number of carbonyl (C=O) groups is 2. The monoisotopic (exact) mass is 447 g/mol. The van der Waals surface area contributed by atoms with Crippen LogP contribution in [-0.4, -0.2) is 22.6 Å². The Balaban J connectivity index is 1.40. The zero-order valence-corrected chi connectivity index (χ0v) is 18.8. The maximum atomic E-state index is 12.6. The molecule has 1 aromatic heterocycles. The zero-order chi connectivity index (χ0) is 21.8. The van der Waals surface area contributed by atoms with Crippen molar-refractivity contribution >= 4 is 56.5 Å². The second-order valence-electron chi connectivity index (χ2n) is 7.08. The van der Waals surface area contributed by atoms with Crippen molar-refractivity contribution < 1.29 is 9.59 Å². The molecular formula is C24H21N3O2S2. The van der Waals surface area contributed by atoms with Crippen LogP contribution in [0.15, 0.2) is 71.1 Å². The number of carbonyl (C=O) groups excluding carboxylic acids is 2. The lowest BCUT2D eigenvalue weighted by Gasteiger charge is -2.07. The average Bonchev–Trinajstić information content (AvgIpc) is 3.16. The SMILES string of the molecule is Cc1ccccc1NC(=O)CSc1nc2ccc(NC(=O)c3ccccc3C)cc2s1. The fourth-order valence-corrected chi connectivity index (χ4v) is 5.00. The maximum absolute atomic E-state index is 12.6. The molecule has 0 radical (unpaired) electrons. The van der Waals surface area contributed by atoms with Gasteiger partial charge in [0, 0.05) is 16.9 Å². The fraction of sp³-hybridized carbons (Fsp3) is 0.125. The summed E-state index contributed by atoms with van der Waals surface area (Å²) < 4.78 is 1.78. The Labute approximate surface area is 188 Å². The van der Waals surface area contributed by atoms with Gasteiger partial charge in [-0.1, -0.05) is 48.2 Å². The molecule has 0 aliphatic heterocycles. The van der Waals surface area contributed by atoms with Crippen LogP contribution in [0.1, 0.15) is 21.5 Å². The number of thiazole rings is 1. The zero-order valence-electron chi connectivity index (χ0n) is 17.1. The maximum Gasteiger partial charge on any atom is 0.255 e. The molecule has 0 spiro atoms. The van der Waals surface area contributed by atoms with E-state index in [2.05, 4.69) is 15.6 Å². The molecule has 4 aromatic rings. The summed E-state index contributed by atoms with van der Waals surface area (Å²) >= 11 is 2.92. The molecule has 31 heavy (non-hydrogen) atoms. The lowest BCUT2D eigenvalue weighted by atomic mass is 10.1. The molecule has 5 nitrogen and oxygen atoms in total. The molecule has 0 bridgehead atoms. The van der Waals surface area contributed by atoms with E-state index < -0.39 is 0 Å². The number of para-hydroxylation sites is 1. The number of nitrogens with zero attached hydrogens (tertiary/aromatic N) is 1. The van der Waals surface area contributed by atoms with Crippen LogP contribution in [0.5, 0.6) is 0 Å². The molecule has 0 atom stereocenters. The van der Waals surface area contributed by atoms with Crippen LogP contribution in [0.2, 0.25) is 0 Å². The third-order valence-electron chi connectivity index (χ3n) is 4.76. The van der Waals surface area contributed by atoms with Gasteiger partial charge in [0.1, 0.15) is 0 Å². The molecule has 0 saturated heterocycles. The second-order valence-corrected chi connectivity index (χ2v) is 9.34. The van der Waals surface area contributed by atoms with E-state index in [9.17, 15) is 9.59 Å². The average molecular weight is 448 g/mol. The van der Waals surface area contributed by atoms with E-state index in [1.165, 1.54) is 23.1 Å². The quantitative estimate of drug-likeness (QED) is 0.361. The molecule has 156 valence electrons. The summed E-state index contributed by atoms with van der Waals surface area (Å²) in [6, 6.07) is 20.8. The first-order chi connectivity index (χ1) is 15.0. The van der Waals surface area contributed by atoms with Crippen molar-refractivity contribution in [1.29, 1.82) is 0 Å². The van der Waals surface area contributed by atoms with Gasteiger partial charge in [0.05, 0.1) is 16.0 Å². The van der Waals surface area contributed by atoms with Crippen LogP contribution in [0, 0.1) is 13.8 Å². The Hall–Kier alpha value is -3.16. The molecule has 7 heteroatoms. The number of amides is 2. The van der Waals surface area contributed by atoms with Gasteiger partial charge in [0.2, 0.25) is 5.91 Å². The van der Waals surface area contributed by atoms with E-state index in [0.717, 1.165) is 37.1 Å². The lowest BCUT2D eigenvalue weighted by molar-refractivity contribution is -0.113. The van der Waals surface area contributed by atoms with Crippen molar-refractivity contribution in [2.75, 3.05) is 16.4 Å². The fourth-order valence-electron chi connectivity index (χ4n) is 3.10. The predicted octanol–water partition coefficient (Wildman–Crippen LogP) is 5.90. The van der Waals surface area contributed by atoms with Crippen LogP contribution in [0.3, 0.4) is 0 Å². The van der Waals surface area contributed by atoms with Crippen molar-refractivity contribution in [3.63, 3.8) is 0 Å². The Morgan fingerprint density at radius 1 is 0.935 bits per heavy atom. The second kappa shape index (κ2) is 9.32. The van der Waals surface area contributed by atoms with Gasteiger partial charge in [-0.25, -0.2) is 4.98 Å². The number of thioether (sulfide) groups is 1. The third kappa shape index (κ3) is 5.13. The number of rotatable bonds is 6. The minimum absolute atomic E-state index is 0.0651. The molecule has 0 saturated carbocycles. The molecule has 3 aromatic carbocycles. The summed E-state index contributed by atoms with van der Waals surface area (Å²) in [5, 5.41) is 5.89. The standard InChI is InChI=1S/C24H21N3O2S2/c1-15-7-3-5-9-18(15)23(29)25-17-11-12-20-21(13-17)31-24(27-20)30-14-22(28)26-19-10-6-4-8-16(19)2/h3-13H,14H2,1-2H3,(H,25,29)(H,26,28). The summed E-state index contributed by atoms with van der Waals surface area (Å²) in [4.78, 5) is 29.4. The van der Waals surface area contributed by atoms with Crippen LogP contribution in [0.25, 0.3) is 10.2 Å². The third-order valence-corrected chi connectivity index (χ3v) is 6.92. The van der Waals surface area contributed by atoms with Gasteiger partial charge >= 0.3 is 0 Å². The van der Waals surface area contributed by atoms with Crippen molar-refractivity contribution in [2.45, 2.75) is 18.2 Å². The Bertz CT molecular complexity index is 1270. The highest BCUT2D eigenvalue weighted by atomic mass is 32.2. The first-order valence-electron chi connectivity index (χ1n) is 9.75. The van der Waals surface area contributed by atoms with E-state index in [1.54, 1.807) is 0 Å². The summed E-state index contributed by atoms with van der Waals surface area (Å²) in [7, 11) is 0.